The molecule has 0 fully saturated rings. The van der Waals surface area contributed by atoms with E-state index in [9.17, 15) is 14.4 Å². The summed E-state index contributed by atoms with van der Waals surface area (Å²) in [6.07, 6.45) is 0. The molecular weight excluding hydrogens is 284 g/mol. The molecule has 1 aromatic heterocycles. The normalized spacial score (nSPS) is 10.3. The lowest BCUT2D eigenvalue weighted by atomic mass is 10.3. The number of thiazole rings is 1. The number of carbonyl (C=O) groups is 3. The maximum atomic E-state index is 11.9. The minimum absolute atomic E-state index is 0.0582. The molecule has 20 heavy (non-hydrogen) atoms. The maximum Gasteiger partial charge on any atom is 0.355 e. The smallest absolute Gasteiger partial charge is 0.355 e. The highest BCUT2D eigenvalue weighted by Crippen LogP contribution is 2.09. The van der Waals surface area contributed by atoms with Crippen LogP contribution in [0.2, 0.25) is 0 Å². The van der Waals surface area contributed by atoms with Crippen molar-refractivity contribution < 1.29 is 19.5 Å². The van der Waals surface area contributed by atoms with Crippen molar-refractivity contribution in [2.75, 3.05) is 6.54 Å². The number of carbonyl (C=O) groups excluding carboxylic acids is 2. The molecule has 9 heteroatoms. The number of nitrogens with zero attached hydrogens (tertiary/aromatic N) is 2. The third-order valence-corrected chi connectivity index (χ3v) is 3.22. The first-order chi connectivity index (χ1) is 9.31. The van der Waals surface area contributed by atoms with Crippen molar-refractivity contribution in [2.24, 2.45) is 5.73 Å². The Morgan fingerprint density at radius 1 is 1.50 bits per heavy atom. The van der Waals surface area contributed by atoms with Crippen molar-refractivity contribution >= 4 is 29.2 Å². The summed E-state index contributed by atoms with van der Waals surface area (Å²) in [6, 6.07) is -0.640. The van der Waals surface area contributed by atoms with Gasteiger partial charge in [-0.15, -0.1) is 11.3 Å². The molecule has 4 N–H and O–H groups in total. The average Bonchev–Trinajstić information content (AvgIpc) is 2.81. The summed E-state index contributed by atoms with van der Waals surface area (Å²) in [5.41, 5.74) is 5.02. The number of aromatic carboxylic acids is 1. The molecule has 0 saturated heterocycles. The van der Waals surface area contributed by atoms with Crippen LogP contribution in [0.4, 0.5) is 4.79 Å². The van der Waals surface area contributed by atoms with Crippen LogP contribution in [0.5, 0.6) is 0 Å². The van der Waals surface area contributed by atoms with Gasteiger partial charge in [-0.3, -0.25) is 4.79 Å². The fourth-order valence-electron chi connectivity index (χ4n) is 1.40. The van der Waals surface area contributed by atoms with Gasteiger partial charge in [-0.1, -0.05) is 0 Å². The van der Waals surface area contributed by atoms with E-state index in [1.807, 2.05) is 0 Å². The lowest BCUT2D eigenvalue weighted by Crippen LogP contribution is -2.47. The summed E-state index contributed by atoms with van der Waals surface area (Å²) in [5.74, 6) is -1.72. The summed E-state index contributed by atoms with van der Waals surface area (Å²) >= 11 is 1.14. The summed E-state index contributed by atoms with van der Waals surface area (Å²) in [7, 11) is 0. The summed E-state index contributed by atoms with van der Waals surface area (Å²) < 4.78 is 0. The van der Waals surface area contributed by atoms with E-state index < -0.39 is 17.9 Å². The van der Waals surface area contributed by atoms with Crippen LogP contribution in [-0.4, -0.2) is 45.5 Å². The van der Waals surface area contributed by atoms with Crippen LogP contribution in [0.15, 0.2) is 5.38 Å². The second-order valence-electron chi connectivity index (χ2n) is 4.28. The first-order valence-electron chi connectivity index (χ1n) is 5.81. The van der Waals surface area contributed by atoms with Crippen molar-refractivity contribution in [3.8, 4) is 0 Å². The van der Waals surface area contributed by atoms with Gasteiger partial charge in [0.15, 0.2) is 5.69 Å². The first-order valence-corrected chi connectivity index (χ1v) is 6.69. The van der Waals surface area contributed by atoms with E-state index in [1.54, 1.807) is 13.8 Å². The van der Waals surface area contributed by atoms with E-state index in [1.165, 1.54) is 10.3 Å². The van der Waals surface area contributed by atoms with E-state index in [-0.39, 0.29) is 24.8 Å². The van der Waals surface area contributed by atoms with Crippen LogP contribution in [0, 0.1) is 0 Å². The Bertz CT molecular complexity index is 514. The zero-order valence-corrected chi connectivity index (χ0v) is 11.9. The van der Waals surface area contributed by atoms with Crippen molar-refractivity contribution in [3.05, 3.63) is 16.1 Å². The molecule has 0 saturated carbocycles. The van der Waals surface area contributed by atoms with Gasteiger partial charge in [-0.2, -0.15) is 0 Å². The molecule has 0 aliphatic heterocycles. The zero-order valence-electron chi connectivity index (χ0n) is 11.1. The molecule has 0 aliphatic carbocycles. The SMILES string of the molecule is CC(C)N(CC(N)=O)C(=O)NCc1nc(C(=O)O)cs1. The van der Waals surface area contributed by atoms with Crippen LogP contribution >= 0.6 is 11.3 Å². The average molecular weight is 300 g/mol. The Morgan fingerprint density at radius 3 is 2.60 bits per heavy atom. The first kappa shape index (κ1) is 15.9. The number of carboxylic acid groups (broad SMARTS) is 1. The number of amides is 3. The Hall–Kier alpha value is -2.16. The van der Waals surface area contributed by atoms with E-state index in [0.717, 1.165) is 11.3 Å². The molecule has 1 rings (SSSR count). The summed E-state index contributed by atoms with van der Waals surface area (Å²) in [6.45, 7) is 3.43. The van der Waals surface area contributed by atoms with Gasteiger partial charge in [0, 0.05) is 11.4 Å². The van der Waals surface area contributed by atoms with Crippen molar-refractivity contribution in [1.82, 2.24) is 15.2 Å². The standard InChI is InChI=1S/C11H16N4O4S/c1-6(2)15(4-8(12)16)11(19)13-3-9-14-7(5-20-9)10(17)18/h5-6H,3-4H2,1-2H3,(H2,12,16)(H,13,19)(H,17,18). The number of rotatable bonds is 6. The molecule has 1 aromatic rings. The third-order valence-electron chi connectivity index (χ3n) is 2.37. The van der Waals surface area contributed by atoms with Crippen molar-refractivity contribution in [2.45, 2.75) is 26.4 Å². The molecule has 0 unspecified atom stereocenters. The van der Waals surface area contributed by atoms with Crippen molar-refractivity contribution in [3.63, 3.8) is 0 Å². The van der Waals surface area contributed by atoms with E-state index in [2.05, 4.69) is 10.3 Å². The fraction of sp³-hybridized carbons (Fsp3) is 0.455. The largest absolute Gasteiger partial charge is 0.476 e. The molecule has 0 spiro atoms. The molecule has 0 aliphatic rings. The minimum Gasteiger partial charge on any atom is -0.476 e. The molecule has 0 radical (unpaired) electrons. The second kappa shape index (κ2) is 6.85. The zero-order chi connectivity index (χ0) is 15.3. The van der Waals surface area contributed by atoms with Crippen LogP contribution in [-0.2, 0) is 11.3 Å². The van der Waals surface area contributed by atoms with Crippen molar-refractivity contribution in [1.29, 1.82) is 0 Å². The Labute approximate surface area is 119 Å². The topological polar surface area (TPSA) is 126 Å². The predicted molar refractivity (Wildman–Crippen MR) is 72.3 cm³/mol. The van der Waals surface area contributed by atoms with E-state index in [0.29, 0.717) is 5.01 Å². The minimum atomic E-state index is -1.11. The van der Waals surface area contributed by atoms with Gasteiger partial charge in [0.25, 0.3) is 0 Å². The van der Waals surface area contributed by atoms with Crippen LogP contribution < -0.4 is 11.1 Å². The monoisotopic (exact) mass is 300 g/mol. The second-order valence-corrected chi connectivity index (χ2v) is 5.22. The number of aromatic nitrogens is 1. The van der Waals surface area contributed by atoms with Gasteiger partial charge >= 0.3 is 12.0 Å². The number of primary amides is 1. The van der Waals surface area contributed by atoms with Crippen LogP contribution in [0.3, 0.4) is 0 Å². The van der Waals surface area contributed by atoms with Gasteiger partial charge < -0.3 is 21.1 Å². The lowest BCUT2D eigenvalue weighted by Gasteiger charge is -2.25. The maximum absolute atomic E-state index is 11.9. The number of hydrogen-bond donors (Lipinski definition) is 3. The molecular formula is C11H16N4O4S. The van der Waals surface area contributed by atoms with Gasteiger partial charge in [0.2, 0.25) is 5.91 Å². The van der Waals surface area contributed by atoms with E-state index >= 15 is 0 Å². The summed E-state index contributed by atoms with van der Waals surface area (Å²) in [5, 5.41) is 13.2. The number of hydrogen-bond acceptors (Lipinski definition) is 5. The molecule has 0 aromatic carbocycles. The molecule has 8 nitrogen and oxygen atoms in total. The predicted octanol–water partition coefficient (Wildman–Crippen LogP) is 0.247. The number of nitrogens with two attached hydrogens (primary N) is 1. The van der Waals surface area contributed by atoms with Gasteiger partial charge in [-0.25, -0.2) is 14.6 Å². The quantitative estimate of drug-likeness (QED) is 0.694. The highest BCUT2D eigenvalue weighted by molar-refractivity contribution is 7.09. The Balaban J connectivity index is 2.59. The molecule has 0 bridgehead atoms. The fourth-order valence-corrected chi connectivity index (χ4v) is 2.11. The van der Waals surface area contributed by atoms with Gasteiger partial charge in [0.05, 0.1) is 6.54 Å². The summed E-state index contributed by atoms with van der Waals surface area (Å²) in [4.78, 5) is 38.6. The van der Waals surface area contributed by atoms with Crippen LogP contribution in [0.25, 0.3) is 0 Å². The van der Waals surface area contributed by atoms with Crippen LogP contribution in [0.1, 0.15) is 29.3 Å². The molecule has 3 amide bonds. The highest BCUT2D eigenvalue weighted by Gasteiger charge is 2.19. The number of urea groups is 1. The van der Waals surface area contributed by atoms with Gasteiger partial charge in [0.1, 0.15) is 11.6 Å². The number of carboxylic acids is 1. The number of nitrogens with one attached hydrogen (secondary N) is 1. The third kappa shape index (κ3) is 4.50. The molecule has 0 atom stereocenters. The van der Waals surface area contributed by atoms with Gasteiger partial charge in [-0.05, 0) is 13.8 Å². The molecule has 1 heterocycles. The molecule has 110 valence electrons. The van der Waals surface area contributed by atoms with E-state index in [4.69, 9.17) is 10.8 Å². The highest BCUT2D eigenvalue weighted by atomic mass is 32.1. The Morgan fingerprint density at radius 2 is 2.15 bits per heavy atom. The lowest BCUT2D eigenvalue weighted by molar-refractivity contribution is -0.118. The Kier molecular flexibility index (Phi) is 5.44.